The van der Waals surface area contributed by atoms with Crippen LogP contribution in [0, 0.1) is 6.92 Å². The maximum Gasteiger partial charge on any atom is 0.240 e. The molecule has 0 atom stereocenters. The monoisotopic (exact) mass is 236 g/mol. The molecule has 1 aromatic carbocycles. The molecule has 0 spiro atoms. The molecule has 0 aliphatic rings. The van der Waals surface area contributed by atoms with E-state index in [0.717, 1.165) is 5.56 Å². The second-order valence-corrected chi connectivity index (χ2v) is 2.80. The number of aliphatic hydroxyl groups is 2. The van der Waals surface area contributed by atoms with Gasteiger partial charge in [-0.1, -0.05) is 12.1 Å². The lowest BCUT2D eigenvalue weighted by Crippen LogP contribution is -1.85. The number of para-hydroxylation sites is 1. The van der Waals surface area contributed by atoms with Gasteiger partial charge in [-0.15, -0.1) is 0 Å². The number of nitrogens with zero attached hydrogens (tertiary/aromatic N) is 2. The quantitative estimate of drug-likeness (QED) is 0.601. The summed E-state index contributed by atoms with van der Waals surface area (Å²) in [6.07, 6.45) is 2.80. The highest BCUT2D eigenvalue weighted by Gasteiger charge is 2.02. The van der Waals surface area contributed by atoms with E-state index in [-0.39, 0.29) is 13.2 Å². The van der Waals surface area contributed by atoms with Gasteiger partial charge in [0.2, 0.25) is 12.2 Å². The maximum absolute atomic E-state index is 10.1. The van der Waals surface area contributed by atoms with Gasteiger partial charge >= 0.3 is 0 Å². The highest BCUT2D eigenvalue weighted by atomic mass is 16.3. The largest absolute Gasteiger partial charge is 0.394 e. The first-order chi connectivity index (χ1) is 8.21. The predicted octanol–water partition coefficient (Wildman–Crippen LogP) is 0.901. The summed E-state index contributed by atoms with van der Waals surface area (Å²) in [7, 11) is 0. The third-order valence-electron chi connectivity index (χ3n) is 1.64. The average molecular weight is 236 g/mol. The summed E-state index contributed by atoms with van der Waals surface area (Å²) in [5.41, 5.74) is 1.46. The second-order valence-electron chi connectivity index (χ2n) is 2.80. The van der Waals surface area contributed by atoms with Gasteiger partial charge in [0, 0.05) is 0 Å². The molecule has 1 aromatic rings. The molecule has 0 unspecified atom stereocenters. The van der Waals surface area contributed by atoms with Crippen molar-refractivity contribution in [3.8, 4) is 0 Å². The molecule has 0 aliphatic carbocycles. The van der Waals surface area contributed by atoms with Gasteiger partial charge in [-0.3, -0.25) is 0 Å². The number of isocyanates is 2. The van der Waals surface area contributed by atoms with Gasteiger partial charge in [0.05, 0.1) is 13.2 Å². The molecule has 0 aromatic heterocycles. The summed E-state index contributed by atoms with van der Waals surface area (Å²) >= 11 is 0. The first kappa shape index (κ1) is 14.9. The van der Waals surface area contributed by atoms with Crippen molar-refractivity contribution < 1.29 is 19.8 Å². The average Bonchev–Trinajstić information content (AvgIpc) is 2.34. The Morgan fingerprint density at radius 2 is 1.71 bits per heavy atom. The second kappa shape index (κ2) is 9.15. The fourth-order valence-corrected chi connectivity index (χ4v) is 0.974. The SMILES string of the molecule is Cc1cccc(N=C=O)c1N=C=O.OCCO. The van der Waals surface area contributed by atoms with Gasteiger partial charge < -0.3 is 10.2 Å². The Kier molecular flexibility index (Phi) is 8.02. The summed E-state index contributed by atoms with van der Waals surface area (Å²) in [5, 5.41) is 15.2. The van der Waals surface area contributed by atoms with Crippen molar-refractivity contribution in [2.45, 2.75) is 6.92 Å². The van der Waals surface area contributed by atoms with E-state index in [1.807, 2.05) is 0 Å². The minimum absolute atomic E-state index is 0.125. The number of hydrogen-bond donors (Lipinski definition) is 2. The Hall–Kier alpha value is -2.10. The van der Waals surface area contributed by atoms with Crippen LogP contribution < -0.4 is 0 Å². The predicted molar refractivity (Wildman–Crippen MR) is 60.9 cm³/mol. The van der Waals surface area contributed by atoms with E-state index >= 15 is 0 Å². The van der Waals surface area contributed by atoms with E-state index in [1.54, 1.807) is 25.1 Å². The molecule has 0 saturated heterocycles. The molecule has 2 N–H and O–H groups in total. The molecular formula is C11H12N2O4. The fraction of sp³-hybridized carbons (Fsp3) is 0.273. The molecule has 0 radical (unpaired) electrons. The molecule has 0 amide bonds. The number of aryl methyl sites for hydroxylation is 1. The molecule has 0 saturated carbocycles. The van der Waals surface area contributed by atoms with E-state index in [9.17, 15) is 9.59 Å². The Balaban J connectivity index is 0.000000557. The molecule has 90 valence electrons. The number of aliphatic imine (C=N–C) groups is 2. The van der Waals surface area contributed by atoms with Gasteiger partial charge in [-0.2, -0.15) is 9.98 Å². The first-order valence-electron chi connectivity index (χ1n) is 4.68. The highest BCUT2D eigenvalue weighted by Crippen LogP contribution is 2.30. The van der Waals surface area contributed by atoms with E-state index < -0.39 is 0 Å². The molecule has 6 nitrogen and oxygen atoms in total. The highest BCUT2D eigenvalue weighted by molar-refractivity contribution is 5.71. The minimum Gasteiger partial charge on any atom is -0.394 e. The van der Waals surface area contributed by atoms with Crippen LogP contribution in [0.3, 0.4) is 0 Å². The molecule has 6 heteroatoms. The number of rotatable bonds is 3. The lowest BCUT2D eigenvalue weighted by atomic mass is 10.2. The van der Waals surface area contributed by atoms with E-state index in [4.69, 9.17) is 10.2 Å². The van der Waals surface area contributed by atoms with Crippen LogP contribution in [0.15, 0.2) is 28.2 Å². The van der Waals surface area contributed by atoms with Crippen LogP contribution in [0.1, 0.15) is 5.56 Å². The van der Waals surface area contributed by atoms with Crippen LogP contribution in [0.5, 0.6) is 0 Å². The van der Waals surface area contributed by atoms with Crippen molar-refractivity contribution in [1.29, 1.82) is 0 Å². The van der Waals surface area contributed by atoms with Crippen molar-refractivity contribution in [2.75, 3.05) is 13.2 Å². The molecule has 0 aliphatic heterocycles. The van der Waals surface area contributed by atoms with Gasteiger partial charge in [0.25, 0.3) is 0 Å². The normalized spacial score (nSPS) is 8.18. The van der Waals surface area contributed by atoms with Crippen molar-refractivity contribution >= 4 is 23.5 Å². The third-order valence-corrected chi connectivity index (χ3v) is 1.64. The number of aliphatic hydroxyl groups excluding tert-OH is 2. The van der Waals surface area contributed by atoms with E-state index in [0.29, 0.717) is 11.4 Å². The molecule has 0 bridgehead atoms. The van der Waals surface area contributed by atoms with E-state index in [2.05, 4.69) is 9.98 Å². The van der Waals surface area contributed by atoms with Crippen LogP contribution in [-0.4, -0.2) is 35.6 Å². The summed E-state index contributed by atoms with van der Waals surface area (Å²) in [4.78, 5) is 26.9. The van der Waals surface area contributed by atoms with Crippen LogP contribution in [0.4, 0.5) is 11.4 Å². The van der Waals surface area contributed by atoms with Crippen LogP contribution in [0.2, 0.25) is 0 Å². The van der Waals surface area contributed by atoms with E-state index in [1.165, 1.54) is 12.2 Å². The molecular weight excluding hydrogens is 224 g/mol. The molecule has 17 heavy (non-hydrogen) atoms. The number of benzene rings is 1. The van der Waals surface area contributed by atoms with Crippen molar-refractivity contribution in [1.82, 2.24) is 0 Å². The summed E-state index contributed by atoms with van der Waals surface area (Å²) in [6.45, 7) is 1.51. The summed E-state index contributed by atoms with van der Waals surface area (Å²) in [6, 6.07) is 5.06. The minimum atomic E-state index is -0.125. The van der Waals surface area contributed by atoms with Gasteiger partial charge in [-0.05, 0) is 18.6 Å². The Morgan fingerprint density at radius 1 is 1.12 bits per heavy atom. The molecule has 1 rings (SSSR count). The van der Waals surface area contributed by atoms with Crippen molar-refractivity contribution in [3.05, 3.63) is 23.8 Å². The fourth-order valence-electron chi connectivity index (χ4n) is 0.974. The summed E-state index contributed by atoms with van der Waals surface area (Å²) in [5.74, 6) is 0. The van der Waals surface area contributed by atoms with Crippen molar-refractivity contribution in [3.63, 3.8) is 0 Å². The zero-order valence-electron chi connectivity index (χ0n) is 9.25. The zero-order valence-corrected chi connectivity index (χ0v) is 9.25. The zero-order chi connectivity index (χ0) is 13.1. The number of carbonyl (C=O) groups excluding carboxylic acids is 2. The molecule has 0 heterocycles. The van der Waals surface area contributed by atoms with Gasteiger partial charge in [0.1, 0.15) is 11.4 Å². The van der Waals surface area contributed by atoms with Crippen molar-refractivity contribution in [2.24, 2.45) is 9.98 Å². The topological polar surface area (TPSA) is 99.3 Å². The van der Waals surface area contributed by atoms with Crippen LogP contribution in [-0.2, 0) is 9.59 Å². The van der Waals surface area contributed by atoms with Gasteiger partial charge in [0.15, 0.2) is 0 Å². The van der Waals surface area contributed by atoms with Gasteiger partial charge in [-0.25, -0.2) is 9.59 Å². The lowest BCUT2D eigenvalue weighted by Gasteiger charge is -1.99. The summed E-state index contributed by atoms with van der Waals surface area (Å²) < 4.78 is 0. The Morgan fingerprint density at radius 3 is 2.18 bits per heavy atom. The third kappa shape index (κ3) is 5.51. The molecule has 0 fully saturated rings. The standard InChI is InChI=1S/C9H6N2O2.C2H6O2/c1-7-3-2-4-8(10-5-12)9(7)11-6-13;3-1-2-4/h2-4H,1H3;3-4H,1-2H2. The van der Waals surface area contributed by atoms with Crippen LogP contribution >= 0.6 is 0 Å². The Bertz CT molecular complexity index is 445. The first-order valence-corrected chi connectivity index (χ1v) is 4.68. The maximum atomic E-state index is 10.1. The van der Waals surface area contributed by atoms with Crippen LogP contribution in [0.25, 0.3) is 0 Å². The smallest absolute Gasteiger partial charge is 0.240 e. The number of hydrogen-bond acceptors (Lipinski definition) is 6. The lowest BCUT2D eigenvalue weighted by molar-refractivity contribution is 0.186. The Labute approximate surface area is 98.0 Å².